The zero-order valence-electron chi connectivity index (χ0n) is 17.9. The number of rotatable bonds is 3. The summed E-state index contributed by atoms with van der Waals surface area (Å²) in [6, 6.07) is 3.28. The molecule has 0 spiro atoms. The molecule has 7 heteroatoms. The number of piperidine rings is 1. The van der Waals surface area contributed by atoms with Crippen molar-refractivity contribution in [3.05, 3.63) is 29.3 Å². The van der Waals surface area contributed by atoms with E-state index in [9.17, 15) is 15.0 Å². The quantitative estimate of drug-likeness (QED) is 0.637. The fraction of sp³-hybridized carbons (Fsp3) is 0.609. The number of benzene rings is 1. The fourth-order valence-electron chi connectivity index (χ4n) is 4.79. The van der Waals surface area contributed by atoms with E-state index >= 15 is 0 Å². The molecule has 7 nitrogen and oxygen atoms in total. The monoisotopic (exact) mass is 417 g/mol. The Kier molecular flexibility index (Phi) is 6.04. The second kappa shape index (κ2) is 8.57. The summed E-state index contributed by atoms with van der Waals surface area (Å²) in [6.45, 7) is 8.08. The number of nitrogens with one attached hydrogen (secondary N) is 1. The maximum atomic E-state index is 12.5. The molecule has 30 heavy (non-hydrogen) atoms. The predicted molar refractivity (Wildman–Crippen MR) is 113 cm³/mol. The van der Waals surface area contributed by atoms with Gasteiger partial charge in [-0.05, 0) is 51.3 Å². The van der Waals surface area contributed by atoms with Crippen LogP contribution in [0.4, 0.5) is 0 Å². The number of fused-ring (bicyclic) bond motifs is 1. The normalized spacial score (nSPS) is 27.0. The number of ether oxygens (including phenoxy) is 2. The smallest absolute Gasteiger partial charge is 0.246 e. The molecule has 0 aliphatic carbocycles. The molecule has 1 aromatic carbocycles. The topological polar surface area (TPSA) is 83.7 Å². The highest BCUT2D eigenvalue weighted by atomic mass is 16.5. The first-order valence-corrected chi connectivity index (χ1v) is 11.0. The number of hydrogen-bond acceptors (Lipinski definition) is 5. The third-order valence-corrected chi connectivity index (χ3v) is 6.57. The summed E-state index contributed by atoms with van der Waals surface area (Å²) >= 11 is 0. The molecular formula is C23H33N2O5+. The minimum atomic E-state index is -0.779. The number of aliphatic hydroxyl groups excluding tert-OH is 1. The Morgan fingerprint density at radius 1 is 1.20 bits per heavy atom. The SMILES string of the molecule is CC1(C)Oc2ccc(/C=C/C(=O)N3CCCCC3)c(O)c2[C@H]([NH+]2CCOCC2)[C@H]1O. The summed E-state index contributed by atoms with van der Waals surface area (Å²) in [4.78, 5) is 15.5. The number of nitrogens with zero attached hydrogens (tertiary/aromatic N) is 1. The largest absolute Gasteiger partial charge is 0.507 e. The number of aromatic hydroxyl groups is 1. The maximum absolute atomic E-state index is 12.5. The third kappa shape index (κ3) is 4.06. The van der Waals surface area contributed by atoms with E-state index in [1.54, 1.807) is 12.1 Å². The number of carbonyl (C=O) groups is 1. The van der Waals surface area contributed by atoms with Crippen molar-refractivity contribution >= 4 is 12.0 Å². The van der Waals surface area contributed by atoms with Gasteiger partial charge in [-0.25, -0.2) is 0 Å². The first-order chi connectivity index (χ1) is 14.4. The van der Waals surface area contributed by atoms with E-state index in [-0.39, 0.29) is 17.7 Å². The van der Waals surface area contributed by atoms with E-state index in [1.807, 2.05) is 24.8 Å². The second-order valence-electron chi connectivity index (χ2n) is 9.03. The summed E-state index contributed by atoms with van der Waals surface area (Å²) < 4.78 is 11.5. The second-order valence-corrected chi connectivity index (χ2v) is 9.03. The molecule has 2 fully saturated rings. The lowest BCUT2D eigenvalue weighted by molar-refractivity contribution is -0.944. The van der Waals surface area contributed by atoms with Gasteiger partial charge >= 0.3 is 0 Å². The standard InChI is InChI=1S/C23H32N2O5/c1-23(2)22(28)20(25-12-14-29-15-13-25)19-17(30-23)8-6-16(21(19)27)7-9-18(26)24-10-4-3-5-11-24/h6-9,20,22,27-28H,3-5,10-15H2,1-2H3/p+1/b9-7+/t20-,22+/m0/s1. The number of amides is 1. The molecule has 164 valence electrons. The molecule has 2 atom stereocenters. The Labute approximate surface area is 177 Å². The van der Waals surface area contributed by atoms with Crippen molar-refractivity contribution < 1.29 is 29.4 Å². The summed E-state index contributed by atoms with van der Waals surface area (Å²) in [5.74, 6) is 0.639. The number of phenols is 1. The van der Waals surface area contributed by atoms with Crippen LogP contribution >= 0.6 is 0 Å². The van der Waals surface area contributed by atoms with Crippen LogP contribution in [0.2, 0.25) is 0 Å². The van der Waals surface area contributed by atoms with Gasteiger partial charge in [0, 0.05) is 24.7 Å². The van der Waals surface area contributed by atoms with Crippen LogP contribution in [0.25, 0.3) is 6.08 Å². The van der Waals surface area contributed by atoms with Crippen molar-refractivity contribution in [3.63, 3.8) is 0 Å². The maximum Gasteiger partial charge on any atom is 0.246 e. The molecule has 1 aromatic rings. The van der Waals surface area contributed by atoms with E-state index in [2.05, 4.69) is 0 Å². The lowest BCUT2D eigenvalue weighted by Gasteiger charge is -2.45. The van der Waals surface area contributed by atoms with Gasteiger partial charge in [-0.2, -0.15) is 0 Å². The molecule has 0 unspecified atom stereocenters. The Bertz CT molecular complexity index is 810. The first kappa shape index (κ1) is 21.2. The van der Waals surface area contributed by atoms with Crippen LogP contribution in [0.3, 0.4) is 0 Å². The first-order valence-electron chi connectivity index (χ1n) is 11.0. The van der Waals surface area contributed by atoms with Crippen LogP contribution in [0.15, 0.2) is 18.2 Å². The Morgan fingerprint density at radius 3 is 2.60 bits per heavy atom. The molecule has 3 aliphatic heterocycles. The van der Waals surface area contributed by atoms with Crippen LogP contribution < -0.4 is 9.64 Å². The summed E-state index contributed by atoms with van der Waals surface area (Å²) in [7, 11) is 0. The molecular weight excluding hydrogens is 384 g/mol. The van der Waals surface area contributed by atoms with Crippen molar-refractivity contribution in [3.8, 4) is 11.5 Å². The minimum Gasteiger partial charge on any atom is -0.507 e. The number of carbonyl (C=O) groups excluding carboxylic acids is 1. The van der Waals surface area contributed by atoms with Gasteiger partial charge in [0.05, 0.1) is 18.8 Å². The van der Waals surface area contributed by atoms with Crippen molar-refractivity contribution in [2.24, 2.45) is 0 Å². The van der Waals surface area contributed by atoms with Gasteiger partial charge in [0.25, 0.3) is 0 Å². The summed E-state index contributed by atoms with van der Waals surface area (Å²) in [5.41, 5.74) is 0.412. The number of likely N-dealkylation sites (tertiary alicyclic amines) is 1. The molecule has 0 saturated carbocycles. The molecule has 4 rings (SSSR count). The number of phenolic OH excluding ortho intramolecular Hbond substituents is 1. The van der Waals surface area contributed by atoms with Crippen LogP contribution in [0.1, 0.15) is 50.3 Å². The number of hydrogen-bond donors (Lipinski definition) is 3. The van der Waals surface area contributed by atoms with Crippen LogP contribution in [-0.4, -0.2) is 72.1 Å². The van der Waals surface area contributed by atoms with E-state index in [1.165, 1.54) is 17.4 Å². The molecule has 3 N–H and O–H groups in total. The highest BCUT2D eigenvalue weighted by molar-refractivity contribution is 5.92. The third-order valence-electron chi connectivity index (χ3n) is 6.57. The molecule has 0 bridgehead atoms. The van der Waals surface area contributed by atoms with E-state index in [4.69, 9.17) is 9.47 Å². The average Bonchev–Trinajstić information content (AvgIpc) is 2.75. The molecule has 2 saturated heterocycles. The predicted octanol–water partition coefficient (Wildman–Crippen LogP) is 0.906. The zero-order valence-corrected chi connectivity index (χ0v) is 17.9. The van der Waals surface area contributed by atoms with Crippen molar-refractivity contribution in [1.29, 1.82) is 0 Å². The Morgan fingerprint density at radius 2 is 1.90 bits per heavy atom. The van der Waals surface area contributed by atoms with Gasteiger partial charge < -0.3 is 29.5 Å². The van der Waals surface area contributed by atoms with Gasteiger partial charge in [-0.15, -0.1) is 0 Å². The minimum absolute atomic E-state index is 0.0282. The molecule has 3 aliphatic rings. The van der Waals surface area contributed by atoms with Gasteiger partial charge in [-0.3, -0.25) is 4.79 Å². The lowest BCUT2D eigenvalue weighted by Crippen LogP contribution is -3.15. The summed E-state index contributed by atoms with van der Waals surface area (Å²) in [5, 5.41) is 22.3. The van der Waals surface area contributed by atoms with Crippen molar-refractivity contribution in [2.75, 3.05) is 39.4 Å². The molecule has 1 amide bonds. The summed E-state index contributed by atoms with van der Waals surface area (Å²) in [6.07, 6.45) is 5.68. The van der Waals surface area contributed by atoms with Crippen LogP contribution in [0, 0.1) is 0 Å². The van der Waals surface area contributed by atoms with Gasteiger partial charge in [-0.1, -0.05) is 0 Å². The van der Waals surface area contributed by atoms with E-state index < -0.39 is 11.7 Å². The molecule has 3 heterocycles. The van der Waals surface area contributed by atoms with E-state index in [0.717, 1.165) is 39.0 Å². The van der Waals surface area contributed by atoms with Gasteiger partial charge in [0.15, 0.2) is 6.04 Å². The van der Waals surface area contributed by atoms with Gasteiger partial charge in [0.1, 0.15) is 36.3 Å². The zero-order chi connectivity index (χ0) is 21.3. The fourth-order valence-corrected chi connectivity index (χ4v) is 4.79. The lowest BCUT2D eigenvalue weighted by atomic mass is 9.84. The Hall–Kier alpha value is -2.09. The van der Waals surface area contributed by atoms with Gasteiger partial charge in [0.2, 0.25) is 5.91 Å². The highest BCUT2D eigenvalue weighted by Gasteiger charge is 2.49. The number of aliphatic hydroxyl groups is 1. The molecule has 0 radical (unpaired) electrons. The van der Waals surface area contributed by atoms with Crippen LogP contribution in [0.5, 0.6) is 11.5 Å². The Balaban J connectivity index is 1.65. The van der Waals surface area contributed by atoms with Crippen molar-refractivity contribution in [1.82, 2.24) is 4.90 Å². The number of morpholine rings is 1. The van der Waals surface area contributed by atoms with Crippen molar-refractivity contribution in [2.45, 2.75) is 50.9 Å². The number of quaternary nitrogens is 1. The van der Waals surface area contributed by atoms with E-state index in [0.29, 0.717) is 30.1 Å². The van der Waals surface area contributed by atoms with Crippen LogP contribution in [-0.2, 0) is 9.53 Å². The molecule has 0 aromatic heterocycles. The average molecular weight is 418 g/mol. The highest BCUT2D eigenvalue weighted by Crippen LogP contribution is 2.44.